The fourth-order valence-corrected chi connectivity index (χ4v) is 1.32. The van der Waals surface area contributed by atoms with Gasteiger partial charge in [0.1, 0.15) is 6.33 Å². The van der Waals surface area contributed by atoms with Gasteiger partial charge in [-0.15, -0.1) is 0 Å². The fourth-order valence-electron chi connectivity index (χ4n) is 1.32. The van der Waals surface area contributed by atoms with E-state index >= 15 is 0 Å². The van der Waals surface area contributed by atoms with E-state index in [2.05, 4.69) is 15.1 Å². The SMILES string of the molecule is CC(C)c1cnn2cnc(C(=O)O)nc12. The molecule has 0 amide bonds. The van der Waals surface area contributed by atoms with E-state index in [0.717, 1.165) is 5.56 Å². The van der Waals surface area contributed by atoms with Gasteiger partial charge < -0.3 is 5.11 Å². The normalized spacial score (nSPS) is 11.1. The highest BCUT2D eigenvalue weighted by atomic mass is 16.4. The van der Waals surface area contributed by atoms with E-state index < -0.39 is 5.97 Å². The molecule has 0 aromatic carbocycles. The first-order chi connectivity index (χ1) is 7.09. The van der Waals surface area contributed by atoms with Crippen molar-refractivity contribution in [2.24, 2.45) is 0 Å². The summed E-state index contributed by atoms with van der Waals surface area (Å²) in [4.78, 5) is 18.3. The topological polar surface area (TPSA) is 80.4 Å². The quantitative estimate of drug-likeness (QED) is 0.791. The van der Waals surface area contributed by atoms with Gasteiger partial charge in [0.05, 0.1) is 6.20 Å². The summed E-state index contributed by atoms with van der Waals surface area (Å²) in [5.74, 6) is -1.09. The maximum atomic E-state index is 10.7. The van der Waals surface area contributed by atoms with E-state index in [4.69, 9.17) is 5.11 Å². The van der Waals surface area contributed by atoms with Gasteiger partial charge in [0.2, 0.25) is 5.82 Å². The predicted molar refractivity (Wildman–Crippen MR) is 51.8 cm³/mol. The van der Waals surface area contributed by atoms with Gasteiger partial charge in [-0.25, -0.2) is 19.3 Å². The zero-order valence-electron chi connectivity index (χ0n) is 8.38. The summed E-state index contributed by atoms with van der Waals surface area (Å²) < 4.78 is 1.47. The smallest absolute Gasteiger partial charge is 0.374 e. The highest BCUT2D eigenvalue weighted by Crippen LogP contribution is 2.17. The molecule has 0 fully saturated rings. The number of nitrogens with zero attached hydrogens (tertiary/aromatic N) is 4. The van der Waals surface area contributed by atoms with Crippen LogP contribution in [0.5, 0.6) is 0 Å². The fraction of sp³-hybridized carbons (Fsp3) is 0.333. The number of aromatic carboxylic acids is 1. The zero-order valence-corrected chi connectivity index (χ0v) is 8.38. The maximum absolute atomic E-state index is 10.7. The second-order valence-electron chi connectivity index (χ2n) is 3.51. The molecule has 2 rings (SSSR count). The molecule has 6 heteroatoms. The molecule has 0 radical (unpaired) electrons. The molecule has 0 atom stereocenters. The van der Waals surface area contributed by atoms with Crippen LogP contribution < -0.4 is 0 Å². The van der Waals surface area contributed by atoms with Gasteiger partial charge in [0.15, 0.2) is 5.65 Å². The molecule has 0 saturated heterocycles. The zero-order chi connectivity index (χ0) is 11.0. The lowest BCUT2D eigenvalue weighted by atomic mass is 10.1. The third kappa shape index (κ3) is 1.54. The molecule has 0 saturated carbocycles. The lowest BCUT2D eigenvalue weighted by Gasteiger charge is -2.01. The summed E-state index contributed by atoms with van der Waals surface area (Å²) in [5, 5.41) is 12.8. The summed E-state index contributed by atoms with van der Waals surface area (Å²) in [6, 6.07) is 0. The number of aromatic nitrogens is 4. The molecule has 15 heavy (non-hydrogen) atoms. The summed E-state index contributed by atoms with van der Waals surface area (Å²) in [5.41, 5.74) is 1.47. The van der Waals surface area contributed by atoms with Gasteiger partial charge >= 0.3 is 5.97 Å². The number of fused-ring (bicyclic) bond motifs is 1. The first-order valence-electron chi connectivity index (χ1n) is 4.53. The number of carbonyl (C=O) groups is 1. The molecule has 0 aliphatic rings. The Morgan fingerprint density at radius 3 is 2.87 bits per heavy atom. The van der Waals surface area contributed by atoms with Crippen molar-refractivity contribution >= 4 is 11.6 Å². The minimum Gasteiger partial charge on any atom is -0.475 e. The largest absolute Gasteiger partial charge is 0.475 e. The standard InChI is InChI=1S/C9H10N4O2/c1-5(2)6-3-11-13-4-10-7(9(14)15)12-8(6)13/h3-5H,1-2H3,(H,14,15). The minimum absolute atomic E-state index is 0.204. The van der Waals surface area contributed by atoms with E-state index in [1.807, 2.05) is 13.8 Å². The third-order valence-electron chi connectivity index (χ3n) is 2.11. The molecule has 6 nitrogen and oxygen atoms in total. The van der Waals surface area contributed by atoms with Gasteiger partial charge in [-0.3, -0.25) is 0 Å². The van der Waals surface area contributed by atoms with E-state index in [1.54, 1.807) is 6.20 Å². The van der Waals surface area contributed by atoms with Crippen molar-refractivity contribution in [1.29, 1.82) is 0 Å². The van der Waals surface area contributed by atoms with Gasteiger partial charge in [-0.1, -0.05) is 13.8 Å². The van der Waals surface area contributed by atoms with Crippen molar-refractivity contribution in [3.63, 3.8) is 0 Å². The van der Waals surface area contributed by atoms with Crippen LogP contribution in [0.25, 0.3) is 5.65 Å². The monoisotopic (exact) mass is 206 g/mol. The number of hydrogen-bond donors (Lipinski definition) is 1. The second kappa shape index (κ2) is 3.30. The van der Waals surface area contributed by atoms with Crippen LogP contribution in [-0.2, 0) is 0 Å². The average molecular weight is 206 g/mol. The summed E-state index contributed by atoms with van der Waals surface area (Å²) in [6.07, 6.45) is 3.04. The van der Waals surface area contributed by atoms with Crippen LogP contribution in [0.3, 0.4) is 0 Å². The highest BCUT2D eigenvalue weighted by molar-refractivity contribution is 5.83. The van der Waals surface area contributed by atoms with E-state index in [1.165, 1.54) is 10.8 Å². The minimum atomic E-state index is -1.13. The highest BCUT2D eigenvalue weighted by Gasteiger charge is 2.13. The molecule has 0 aliphatic carbocycles. The van der Waals surface area contributed by atoms with Crippen molar-refractivity contribution in [2.45, 2.75) is 19.8 Å². The molecule has 2 aromatic heterocycles. The third-order valence-corrected chi connectivity index (χ3v) is 2.11. The van der Waals surface area contributed by atoms with Crippen LogP contribution in [-0.4, -0.2) is 30.7 Å². The predicted octanol–water partition coefficient (Wildman–Crippen LogP) is 0.946. The van der Waals surface area contributed by atoms with Crippen LogP contribution >= 0.6 is 0 Å². The summed E-state index contributed by atoms with van der Waals surface area (Å²) in [6.45, 7) is 4.00. The Hall–Kier alpha value is -1.98. The molecule has 0 bridgehead atoms. The summed E-state index contributed by atoms with van der Waals surface area (Å²) >= 11 is 0. The van der Waals surface area contributed by atoms with Crippen LogP contribution in [0.15, 0.2) is 12.5 Å². The molecular formula is C9H10N4O2. The maximum Gasteiger partial charge on any atom is 0.374 e. The Kier molecular flexibility index (Phi) is 2.11. The van der Waals surface area contributed by atoms with Crippen molar-refractivity contribution in [3.05, 3.63) is 23.9 Å². The van der Waals surface area contributed by atoms with E-state index in [9.17, 15) is 4.79 Å². The van der Waals surface area contributed by atoms with Gasteiger partial charge in [0, 0.05) is 5.56 Å². The van der Waals surface area contributed by atoms with Crippen molar-refractivity contribution in [3.8, 4) is 0 Å². The Balaban J connectivity index is 2.66. The molecule has 1 N–H and O–H groups in total. The van der Waals surface area contributed by atoms with E-state index in [0.29, 0.717) is 5.65 Å². The average Bonchev–Trinajstić information content (AvgIpc) is 2.59. The molecular weight excluding hydrogens is 196 g/mol. The van der Waals surface area contributed by atoms with Gasteiger partial charge in [0.25, 0.3) is 0 Å². The molecule has 0 unspecified atom stereocenters. The Labute approximate surface area is 85.6 Å². The molecule has 78 valence electrons. The Bertz CT molecular complexity index is 518. The van der Waals surface area contributed by atoms with Gasteiger partial charge in [-0.2, -0.15) is 5.10 Å². The van der Waals surface area contributed by atoms with Crippen LogP contribution in [0.4, 0.5) is 0 Å². The van der Waals surface area contributed by atoms with E-state index in [-0.39, 0.29) is 11.7 Å². The molecule has 2 aromatic rings. The lowest BCUT2D eigenvalue weighted by molar-refractivity contribution is 0.0683. The number of rotatable bonds is 2. The summed E-state index contributed by atoms with van der Waals surface area (Å²) in [7, 11) is 0. The van der Waals surface area contributed by atoms with Crippen molar-refractivity contribution in [1.82, 2.24) is 19.6 Å². The van der Waals surface area contributed by atoms with Crippen LogP contribution in [0.2, 0.25) is 0 Å². The lowest BCUT2D eigenvalue weighted by Crippen LogP contribution is -2.06. The van der Waals surface area contributed by atoms with Crippen LogP contribution in [0, 0.1) is 0 Å². The number of hydrogen-bond acceptors (Lipinski definition) is 4. The first kappa shape index (κ1) is 9.57. The van der Waals surface area contributed by atoms with Crippen molar-refractivity contribution in [2.75, 3.05) is 0 Å². The van der Waals surface area contributed by atoms with Crippen molar-refractivity contribution < 1.29 is 9.90 Å². The number of carboxylic acid groups (broad SMARTS) is 1. The first-order valence-corrected chi connectivity index (χ1v) is 4.53. The van der Waals surface area contributed by atoms with Crippen LogP contribution in [0.1, 0.15) is 35.9 Å². The molecule has 2 heterocycles. The molecule has 0 spiro atoms. The molecule has 0 aliphatic heterocycles. The van der Waals surface area contributed by atoms with Gasteiger partial charge in [-0.05, 0) is 5.92 Å². The Morgan fingerprint density at radius 2 is 2.27 bits per heavy atom. The Morgan fingerprint density at radius 1 is 1.53 bits per heavy atom. The second-order valence-corrected chi connectivity index (χ2v) is 3.51. The number of carboxylic acids is 1.